The third kappa shape index (κ3) is 4.38. The van der Waals surface area contributed by atoms with Crippen LogP contribution in [-0.2, 0) is 9.59 Å². The first-order valence-electron chi connectivity index (χ1n) is 11.5. The Morgan fingerprint density at radius 2 is 1.46 bits per heavy atom. The van der Waals surface area contributed by atoms with Gasteiger partial charge in [0.25, 0.3) is 0 Å². The Morgan fingerprint density at radius 3 is 2.07 bits per heavy atom. The Balaban J connectivity index is 1.23. The summed E-state index contributed by atoms with van der Waals surface area (Å²) in [6.07, 6.45) is 8.31. The number of amides is 2. The summed E-state index contributed by atoms with van der Waals surface area (Å²) in [7, 11) is 2.11. The summed E-state index contributed by atoms with van der Waals surface area (Å²) in [5.41, 5.74) is 6.40. The zero-order valence-electron chi connectivity index (χ0n) is 17.5. The molecule has 2 atom stereocenters. The summed E-state index contributed by atoms with van der Waals surface area (Å²) in [6, 6.07) is 0.323. The van der Waals surface area contributed by atoms with Gasteiger partial charge in [-0.05, 0) is 63.3 Å². The van der Waals surface area contributed by atoms with E-state index in [0.717, 1.165) is 65.0 Å². The third-order valence-corrected chi connectivity index (χ3v) is 8.01. The molecular formula is C22H38N4O2. The quantitative estimate of drug-likeness (QED) is 0.794. The molecule has 0 radical (unpaired) electrons. The molecule has 6 heteroatoms. The van der Waals surface area contributed by atoms with Crippen LogP contribution >= 0.6 is 0 Å². The highest BCUT2D eigenvalue weighted by Crippen LogP contribution is 2.42. The van der Waals surface area contributed by atoms with Crippen molar-refractivity contribution in [2.45, 2.75) is 57.4 Å². The molecule has 0 aromatic heterocycles. The number of rotatable bonds is 3. The van der Waals surface area contributed by atoms with Crippen molar-refractivity contribution in [3.63, 3.8) is 0 Å². The molecule has 2 amide bonds. The second-order valence-corrected chi connectivity index (χ2v) is 9.85. The number of nitrogens with zero attached hydrogens (tertiary/aromatic N) is 3. The second kappa shape index (κ2) is 8.70. The van der Waals surface area contributed by atoms with Crippen molar-refractivity contribution in [1.29, 1.82) is 0 Å². The molecule has 2 N–H and O–H groups in total. The minimum absolute atomic E-state index is 0.193. The van der Waals surface area contributed by atoms with Gasteiger partial charge in [0, 0.05) is 57.6 Å². The molecule has 2 aliphatic heterocycles. The molecule has 4 aliphatic rings. The molecule has 2 saturated carbocycles. The molecule has 4 fully saturated rings. The van der Waals surface area contributed by atoms with Gasteiger partial charge in [0.2, 0.25) is 11.8 Å². The van der Waals surface area contributed by atoms with Gasteiger partial charge < -0.3 is 20.4 Å². The van der Waals surface area contributed by atoms with Gasteiger partial charge in [0.15, 0.2) is 0 Å². The fourth-order valence-electron chi connectivity index (χ4n) is 6.04. The van der Waals surface area contributed by atoms with Crippen molar-refractivity contribution in [2.75, 3.05) is 46.3 Å². The molecule has 4 rings (SSSR count). The van der Waals surface area contributed by atoms with Crippen LogP contribution in [0.1, 0.15) is 51.4 Å². The first-order chi connectivity index (χ1) is 13.5. The Bertz CT molecular complexity index is 553. The standard InChI is InChI=1S/C22H38N4O2/c1-24-9-11-25(12-10-24)20(27)13-16-5-7-26(8-6-16)22(28)19-14-17-3-2-4-18(15-19)21(17)23/h16-19,21H,2-15,23H2,1H3. The van der Waals surface area contributed by atoms with Gasteiger partial charge in [0.1, 0.15) is 0 Å². The van der Waals surface area contributed by atoms with E-state index in [4.69, 9.17) is 5.73 Å². The van der Waals surface area contributed by atoms with E-state index in [9.17, 15) is 9.59 Å². The lowest BCUT2D eigenvalue weighted by atomic mass is 9.65. The van der Waals surface area contributed by atoms with E-state index in [1.165, 1.54) is 19.3 Å². The third-order valence-electron chi connectivity index (χ3n) is 8.01. The summed E-state index contributed by atoms with van der Waals surface area (Å²) in [4.78, 5) is 32.1. The number of likely N-dealkylation sites (N-methyl/N-ethyl adjacent to an activating group) is 1. The maximum Gasteiger partial charge on any atom is 0.225 e. The summed E-state index contributed by atoms with van der Waals surface area (Å²) in [5, 5.41) is 0. The number of hydrogen-bond donors (Lipinski definition) is 1. The van der Waals surface area contributed by atoms with Crippen molar-refractivity contribution < 1.29 is 9.59 Å². The lowest BCUT2D eigenvalue weighted by Gasteiger charge is -2.45. The smallest absolute Gasteiger partial charge is 0.225 e. The van der Waals surface area contributed by atoms with Crippen LogP contribution in [0.3, 0.4) is 0 Å². The second-order valence-electron chi connectivity index (χ2n) is 9.85. The first kappa shape index (κ1) is 20.1. The molecule has 0 aromatic rings. The van der Waals surface area contributed by atoms with Crippen LogP contribution in [0.2, 0.25) is 0 Å². The topological polar surface area (TPSA) is 69.9 Å². The van der Waals surface area contributed by atoms with Crippen LogP contribution < -0.4 is 5.73 Å². The molecular weight excluding hydrogens is 352 g/mol. The number of likely N-dealkylation sites (tertiary alicyclic amines) is 1. The Morgan fingerprint density at radius 1 is 0.857 bits per heavy atom. The summed E-state index contributed by atoms with van der Waals surface area (Å²) in [5.74, 6) is 2.42. The molecule has 0 aromatic carbocycles. The van der Waals surface area contributed by atoms with E-state index in [-0.39, 0.29) is 5.92 Å². The first-order valence-corrected chi connectivity index (χ1v) is 11.5. The molecule has 2 bridgehead atoms. The predicted octanol–water partition coefficient (Wildman–Crippen LogP) is 1.54. The Labute approximate surface area is 169 Å². The molecule has 0 spiro atoms. The SMILES string of the molecule is CN1CCN(C(=O)CC2CCN(C(=O)C3CC4CCCC(C3)C4N)CC2)CC1. The normalized spacial score (nSPS) is 35.1. The van der Waals surface area contributed by atoms with E-state index >= 15 is 0 Å². The monoisotopic (exact) mass is 390 g/mol. The highest BCUT2D eigenvalue weighted by Gasteiger charge is 2.42. The largest absolute Gasteiger partial charge is 0.342 e. The van der Waals surface area contributed by atoms with E-state index in [1.54, 1.807) is 0 Å². The van der Waals surface area contributed by atoms with E-state index in [0.29, 0.717) is 42.0 Å². The number of fused-ring (bicyclic) bond motifs is 2. The average molecular weight is 391 g/mol. The van der Waals surface area contributed by atoms with Gasteiger partial charge in [-0.3, -0.25) is 9.59 Å². The fraction of sp³-hybridized carbons (Fsp3) is 0.909. The Kier molecular flexibility index (Phi) is 6.26. The number of nitrogens with two attached hydrogens (primary N) is 1. The maximum atomic E-state index is 13.1. The van der Waals surface area contributed by atoms with Gasteiger partial charge in [-0.2, -0.15) is 0 Å². The highest BCUT2D eigenvalue weighted by molar-refractivity contribution is 5.79. The van der Waals surface area contributed by atoms with E-state index in [1.807, 2.05) is 4.90 Å². The van der Waals surface area contributed by atoms with Crippen LogP contribution in [0.4, 0.5) is 0 Å². The summed E-state index contributed by atoms with van der Waals surface area (Å²) < 4.78 is 0. The fourth-order valence-corrected chi connectivity index (χ4v) is 6.04. The number of carbonyl (C=O) groups is 2. The number of piperazine rings is 1. The maximum absolute atomic E-state index is 13.1. The highest BCUT2D eigenvalue weighted by atomic mass is 16.2. The number of piperidine rings is 1. The summed E-state index contributed by atoms with van der Waals surface area (Å²) >= 11 is 0. The molecule has 2 aliphatic carbocycles. The van der Waals surface area contributed by atoms with E-state index in [2.05, 4.69) is 16.8 Å². The zero-order valence-corrected chi connectivity index (χ0v) is 17.5. The minimum Gasteiger partial charge on any atom is -0.342 e. The van der Waals surface area contributed by atoms with Gasteiger partial charge in [-0.25, -0.2) is 0 Å². The van der Waals surface area contributed by atoms with Gasteiger partial charge in [0.05, 0.1) is 0 Å². The van der Waals surface area contributed by atoms with Gasteiger partial charge in [-0.15, -0.1) is 0 Å². The van der Waals surface area contributed by atoms with E-state index < -0.39 is 0 Å². The summed E-state index contributed by atoms with van der Waals surface area (Å²) in [6.45, 7) is 5.34. The van der Waals surface area contributed by atoms with Crippen LogP contribution in [0.15, 0.2) is 0 Å². The molecule has 2 heterocycles. The van der Waals surface area contributed by atoms with Crippen molar-refractivity contribution in [1.82, 2.24) is 14.7 Å². The van der Waals surface area contributed by atoms with Crippen molar-refractivity contribution in [3.8, 4) is 0 Å². The molecule has 6 nitrogen and oxygen atoms in total. The van der Waals surface area contributed by atoms with Crippen LogP contribution in [0.5, 0.6) is 0 Å². The van der Waals surface area contributed by atoms with Gasteiger partial charge >= 0.3 is 0 Å². The molecule has 2 unspecified atom stereocenters. The zero-order chi connectivity index (χ0) is 19.7. The van der Waals surface area contributed by atoms with Gasteiger partial charge in [-0.1, -0.05) is 6.42 Å². The van der Waals surface area contributed by atoms with Crippen molar-refractivity contribution in [3.05, 3.63) is 0 Å². The van der Waals surface area contributed by atoms with Crippen LogP contribution in [-0.4, -0.2) is 78.9 Å². The lowest BCUT2D eigenvalue weighted by Crippen LogP contribution is -2.51. The number of carbonyl (C=O) groups excluding carboxylic acids is 2. The van der Waals surface area contributed by atoms with Crippen molar-refractivity contribution >= 4 is 11.8 Å². The molecule has 158 valence electrons. The Hall–Kier alpha value is -1.14. The van der Waals surface area contributed by atoms with Crippen LogP contribution in [0, 0.1) is 23.7 Å². The predicted molar refractivity (Wildman–Crippen MR) is 110 cm³/mol. The van der Waals surface area contributed by atoms with Crippen LogP contribution in [0.25, 0.3) is 0 Å². The number of hydrogen-bond acceptors (Lipinski definition) is 4. The minimum atomic E-state index is 0.193. The average Bonchev–Trinajstić information content (AvgIpc) is 2.68. The lowest BCUT2D eigenvalue weighted by molar-refractivity contribution is -0.140. The molecule has 28 heavy (non-hydrogen) atoms. The molecule has 2 saturated heterocycles. The van der Waals surface area contributed by atoms with Crippen molar-refractivity contribution in [2.24, 2.45) is 29.4 Å².